The maximum atomic E-state index is 12.3. The highest BCUT2D eigenvalue weighted by molar-refractivity contribution is 5.93. The third kappa shape index (κ3) is 4.49. The Hall–Kier alpha value is -1.67. The van der Waals surface area contributed by atoms with Gasteiger partial charge in [0, 0.05) is 18.8 Å². The van der Waals surface area contributed by atoms with Crippen molar-refractivity contribution in [2.45, 2.75) is 25.2 Å². The van der Waals surface area contributed by atoms with E-state index in [1.807, 2.05) is 0 Å². The summed E-state index contributed by atoms with van der Waals surface area (Å²) in [6.07, 6.45) is -4.50. The fourth-order valence-corrected chi connectivity index (χ4v) is 1.18. The number of amides is 1. The minimum atomic E-state index is -4.54. The smallest absolute Gasteiger partial charge is 0.392 e. The number of hydrogen-bond donors (Lipinski definition) is 3. The van der Waals surface area contributed by atoms with Gasteiger partial charge in [0.15, 0.2) is 0 Å². The Balaban J connectivity index is 2.64. The molecule has 2 unspecified atom stereocenters. The minimum absolute atomic E-state index is 0.00853. The van der Waals surface area contributed by atoms with Crippen LogP contribution in [0.5, 0.6) is 0 Å². The van der Waals surface area contributed by atoms with Crippen molar-refractivity contribution in [1.29, 1.82) is 0 Å². The lowest BCUT2D eigenvalue weighted by molar-refractivity contribution is -0.141. The molecule has 19 heavy (non-hydrogen) atoms. The van der Waals surface area contributed by atoms with Crippen molar-refractivity contribution in [2.75, 3.05) is 6.54 Å². The van der Waals surface area contributed by atoms with Crippen LogP contribution in [0.4, 0.5) is 13.2 Å². The van der Waals surface area contributed by atoms with Gasteiger partial charge in [-0.3, -0.25) is 9.78 Å². The van der Waals surface area contributed by atoms with Crippen molar-refractivity contribution < 1.29 is 23.1 Å². The molecule has 0 aromatic carbocycles. The van der Waals surface area contributed by atoms with Gasteiger partial charge in [-0.1, -0.05) is 0 Å². The first-order chi connectivity index (χ1) is 8.71. The summed E-state index contributed by atoms with van der Waals surface area (Å²) in [4.78, 5) is 14.7. The molecule has 1 rings (SSSR count). The van der Waals surface area contributed by atoms with Crippen molar-refractivity contribution >= 4 is 5.91 Å². The lowest BCUT2D eigenvalue weighted by Gasteiger charge is -2.15. The lowest BCUT2D eigenvalue weighted by atomic mass is 10.2. The number of carbonyl (C=O) groups excluding carboxylic acids is 1. The van der Waals surface area contributed by atoms with Gasteiger partial charge in [0.2, 0.25) is 0 Å². The molecule has 1 amide bonds. The van der Waals surface area contributed by atoms with E-state index in [9.17, 15) is 18.0 Å². The highest BCUT2D eigenvalue weighted by Gasteiger charge is 2.32. The van der Waals surface area contributed by atoms with E-state index in [2.05, 4.69) is 10.3 Å². The van der Waals surface area contributed by atoms with Crippen LogP contribution in [-0.4, -0.2) is 34.7 Å². The van der Waals surface area contributed by atoms with Crippen LogP contribution in [-0.2, 0) is 6.18 Å². The van der Waals surface area contributed by atoms with Crippen molar-refractivity contribution in [3.63, 3.8) is 0 Å². The van der Waals surface area contributed by atoms with Crippen LogP contribution in [0, 0.1) is 0 Å². The molecule has 1 heterocycles. The highest BCUT2D eigenvalue weighted by atomic mass is 19.4. The van der Waals surface area contributed by atoms with E-state index in [1.165, 1.54) is 6.92 Å². The SMILES string of the molecule is CC(O)C(N)CNC(=O)c1ccc(C(F)(F)F)nc1. The van der Waals surface area contributed by atoms with E-state index in [0.29, 0.717) is 0 Å². The summed E-state index contributed by atoms with van der Waals surface area (Å²) in [6.45, 7) is 1.48. The number of nitrogens with one attached hydrogen (secondary N) is 1. The fraction of sp³-hybridized carbons (Fsp3) is 0.455. The average Bonchev–Trinajstić information content (AvgIpc) is 2.34. The minimum Gasteiger partial charge on any atom is -0.392 e. The summed E-state index contributed by atoms with van der Waals surface area (Å²) in [5.74, 6) is -0.600. The second-order valence-corrected chi connectivity index (χ2v) is 4.04. The Morgan fingerprint density at radius 2 is 2.16 bits per heavy atom. The third-order valence-electron chi connectivity index (χ3n) is 2.43. The number of aliphatic hydroxyl groups excluding tert-OH is 1. The molecule has 0 bridgehead atoms. The number of nitrogens with two attached hydrogens (primary N) is 1. The third-order valence-corrected chi connectivity index (χ3v) is 2.43. The fourth-order valence-electron chi connectivity index (χ4n) is 1.18. The van der Waals surface area contributed by atoms with Gasteiger partial charge in [0.1, 0.15) is 5.69 Å². The number of aliphatic hydroxyl groups is 1. The quantitative estimate of drug-likeness (QED) is 0.749. The molecule has 106 valence electrons. The normalized spacial score (nSPS) is 14.8. The first-order valence-corrected chi connectivity index (χ1v) is 5.47. The number of alkyl halides is 3. The molecule has 2 atom stereocenters. The zero-order valence-corrected chi connectivity index (χ0v) is 10.1. The second kappa shape index (κ2) is 5.98. The van der Waals surface area contributed by atoms with E-state index in [4.69, 9.17) is 10.8 Å². The van der Waals surface area contributed by atoms with Crippen LogP contribution < -0.4 is 11.1 Å². The molecule has 8 heteroatoms. The van der Waals surface area contributed by atoms with Gasteiger partial charge in [-0.25, -0.2) is 0 Å². The van der Waals surface area contributed by atoms with E-state index in [0.717, 1.165) is 18.3 Å². The Bertz CT molecular complexity index is 432. The summed E-state index contributed by atoms with van der Waals surface area (Å²) in [5, 5.41) is 11.5. The largest absolute Gasteiger partial charge is 0.433 e. The summed E-state index contributed by atoms with van der Waals surface area (Å²) >= 11 is 0. The zero-order chi connectivity index (χ0) is 14.6. The molecule has 0 aliphatic heterocycles. The number of pyridine rings is 1. The molecule has 1 aromatic rings. The van der Waals surface area contributed by atoms with Crippen LogP contribution in [0.3, 0.4) is 0 Å². The molecule has 0 radical (unpaired) electrons. The predicted octanol–water partition coefficient (Wildman–Crippen LogP) is 0.538. The van der Waals surface area contributed by atoms with Gasteiger partial charge in [-0.15, -0.1) is 0 Å². The molecular formula is C11H14F3N3O2. The van der Waals surface area contributed by atoms with Gasteiger partial charge in [0.05, 0.1) is 11.7 Å². The molecule has 0 saturated heterocycles. The summed E-state index contributed by atoms with van der Waals surface area (Å²) < 4.78 is 36.8. The number of rotatable bonds is 4. The van der Waals surface area contributed by atoms with Crippen LogP contribution in [0.15, 0.2) is 18.3 Å². The molecule has 0 aliphatic rings. The van der Waals surface area contributed by atoms with Crippen LogP contribution in [0.1, 0.15) is 23.0 Å². The molecular weight excluding hydrogens is 263 g/mol. The standard InChI is InChI=1S/C11H14F3N3O2/c1-6(18)8(15)5-17-10(19)7-2-3-9(16-4-7)11(12,13)14/h2-4,6,8,18H,5,15H2,1H3,(H,17,19). The maximum absolute atomic E-state index is 12.3. The Labute approximate surface area is 107 Å². The van der Waals surface area contributed by atoms with E-state index in [1.54, 1.807) is 0 Å². The van der Waals surface area contributed by atoms with Gasteiger partial charge >= 0.3 is 6.18 Å². The van der Waals surface area contributed by atoms with E-state index in [-0.39, 0.29) is 12.1 Å². The van der Waals surface area contributed by atoms with Crippen LogP contribution in [0.25, 0.3) is 0 Å². The predicted molar refractivity (Wildman–Crippen MR) is 61.2 cm³/mol. The lowest BCUT2D eigenvalue weighted by Crippen LogP contribution is -2.43. The van der Waals surface area contributed by atoms with Gasteiger partial charge < -0.3 is 16.2 Å². The van der Waals surface area contributed by atoms with Gasteiger partial charge in [0.25, 0.3) is 5.91 Å². The number of carbonyl (C=O) groups is 1. The van der Waals surface area contributed by atoms with E-state index < -0.39 is 29.9 Å². The average molecular weight is 277 g/mol. The van der Waals surface area contributed by atoms with Crippen molar-refractivity contribution in [3.8, 4) is 0 Å². The van der Waals surface area contributed by atoms with Gasteiger partial charge in [-0.05, 0) is 19.1 Å². The summed E-state index contributed by atoms with van der Waals surface area (Å²) in [7, 11) is 0. The van der Waals surface area contributed by atoms with E-state index >= 15 is 0 Å². The molecule has 1 aromatic heterocycles. The van der Waals surface area contributed by atoms with Crippen LogP contribution in [0.2, 0.25) is 0 Å². The Kier molecular flexibility index (Phi) is 4.84. The maximum Gasteiger partial charge on any atom is 0.433 e. The molecule has 0 spiro atoms. The molecule has 5 nitrogen and oxygen atoms in total. The number of hydrogen-bond acceptors (Lipinski definition) is 4. The Morgan fingerprint density at radius 3 is 2.58 bits per heavy atom. The first-order valence-electron chi connectivity index (χ1n) is 5.47. The highest BCUT2D eigenvalue weighted by Crippen LogP contribution is 2.27. The molecule has 0 fully saturated rings. The van der Waals surface area contributed by atoms with Crippen molar-refractivity contribution in [1.82, 2.24) is 10.3 Å². The summed E-state index contributed by atoms with van der Waals surface area (Å²) in [6, 6.07) is 1.11. The summed E-state index contributed by atoms with van der Waals surface area (Å²) in [5.41, 5.74) is 4.42. The first kappa shape index (κ1) is 15.4. The van der Waals surface area contributed by atoms with Crippen molar-refractivity contribution in [2.24, 2.45) is 5.73 Å². The number of nitrogens with zero attached hydrogens (tertiary/aromatic N) is 1. The van der Waals surface area contributed by atoms with Crippen LogP contribution >= 0.6 is 0 Å². The topological polar surface area (TPSA) is 88.2 Å². The van der Waals surface area contributed by atoms with Crippen molar-refractivity contribution in [3.05, 3.63) is 29.6 Å². The monoisotopic (exact) mass is 277 g/mol. The molecule has 0 saturated carbocycles. The van der Waals surface area contributed by atoms with Gasteiger partial charge in [-0.2, -0.15) is 13.2 Å². The zero-order valence-electron chi connectivity index (χ0n) is 10.1. The molecule has 4 N–H and O–H groups in total. The number of aromatic nitrogens is 1. The molecule has 0 aliphatic carbocycles. The number of halogens is 3. The second-order valence-electron chi connectivity index (χ2n) is 4.04. The Morgan fingerprint density at radius 1 is 1.53 bits per heavy atom.